The maximum atomic E-state index is 11.8. The fraction of sp³-hybridized carbons (Fsp3) is 0.909. The number of urea groups is 1. The molecule has 4 nitrogen and oxygen atoms in total. The van der Waals surface area contributed by atoms with Crippen LogP contribution in [0.25, 0.3) is 0 Å². The SMILES string of the molecule is O=C(NC1CC1)N1CC[C@]2(CCCO2)C1. The van der Waals surface area contributed by atoms with Crippen molar-refractivity contribution in [1.82, 2.24) is 10.2 Å². The van der Waals surface area contributed by atoms with E-state index in [1.807, 2.05) is 4.90 Å². The zero-order chi connectivity index (χ0) is 10.3. The maximum Gasteiger partial charge on any atom is 0.317 e. The van der Waals surface area contributed by atoms with Crippen molar-refractivity contribution >= 4 is 6.03 Å². The van der Waals surface area contributed by atoms with Crippen LogP contribution in [0.5, 0.6) is 0 Å². The molecule has 0 unspecified atom stereocenters. The van der Waals surface area contributed by atoms with E-state index in [1.54, 1.807) is 0 Å². The van der Waals surface area contributed by atoms with Gasteiger partial charge in [0.15, 0.2) is 0 Å². The van der Waals surface area contributed by atoms with Crippen LogP contribution in [0.15, 0.2) is 0 Å². The van der Waals surface area contributed by atoms with Gasteiger partial charge in [0, 0.05) is 19.2 Å². The summed E-state index contributed by atoms with van der Waals surface area (Å²) in [4.78, 5) is 13.7. The van der Waals surface area contributed by atoms with E-state index in [0.717, 1.165) is 51.8 Å². The van der Waals surface area contributed by atoms with Gasteiger partial charge in [0.25, 0.3) is 0 Å². The van der Waals surface area contributed by atoms with E-state index in [4.69, 9.17) is 4.74 Å². The molecular weight excluding hydrogens is 192 g/mol. The molecule has 1 spiro atoms. The van der Waals surface area contributed by atoms with Crippen LogP contribution >= 0.6 is 0 Å². The average molecular weight is 210 g/mol. The third-order valence-electron chi connectivity index (χ3n) is 3.69. The van der Waals surface area contributed by atoms with Gasteiger partial charge in [0.1, 0.15) is 0 Å². The predicted molar refractivity (Wildman–Crippen MR) is 55.7 cm³/mol. The van der Waals surface area contributed by atoms with Gasteiger partial charge in [-0.05, 0) is 32.1 Å². The van der Waals surface area contributed by atoms with E-state index in [9.17, 15) is 4.79 Å². The van der Waals surface area contributed by atoms with Crippen molar-refractivity contribution in [3.63, 3.8) is 0 Å². The summed E-state index contributed by atoms with van der Waals surface area (Å²) in [6.45, 7) is 2.53. The molecule has 3 fully saturated rings. The molecule has 4 heteroatoms. The molecule has 0 radical (unpaired) electrons. The van der Waals surface area contributed by atoms with Crippen molar-refractivity contribution in [1.29, 1.82) is 0 Å². The highest BCUT2D eigenvalue weighted by Gasteiger charge is 2.43. The van der Waals surface area contributed by atoms with Gasteiger partial charge in [-0.3, -0.25) is 0 Å². The van der Waals surface area contributed by atoms with E-state index >= 15 is 0 Å². The number of carbonyl (C=O) groups is 1. The highest BCUT2D eigenvalue weighted by molar-refractivity contribution is 5.75. The van der Waals surface area contributed by atoms with Crippen LogP contribution < -0.4 is 5.32 Å². The lowest BCUT2D eigenvalue weighted by Gasteiger charge is -2.23. The highest BCUT2D eigenvalue weighted by Crippen LogP contribution is 2.34. The normalized spacial score (nSPS) is 35.1. The lowest BCUT2D eigenvalue weighted by molar-refractivity contribution is 0.0152. The van der Waals surface area contributed by atoms with E-state index in [1.165, 1.54) is 0 Å². The van der Waals surface area contributed by atoms with Crippen LogP contribution in [0, 0.1) is 0 Å². The molecule has 84 valence electrons. The van der Waals surface area contributed by atoms with Crippen LogP contribution in [0.2, 0.25) is 0 Å². The van der Waals surface area contributed by atoms with Gasteiger partial charge in [-0.1, -0.05) is 0 Å². The van der Waals surface area contributed by atoms with E-state index < -0.39 is 0 Å². The fourth-order valence-corrected chi connectivity index (χ4v) is 2.59. The van der Waals surface area contributed by atoms with Crippen LogP contribution in [-0.2, 0) is 4.74 Å². The molecule has 2 saturated heterocycles. The fourth-order valence-electron chi connectivity index (χ4n) is 2.59. The number of hydrogen-bond donors (Lipinski definition) is 1. The predicted octanol–water partition coefficient (Wildman–Crippen LogP) is 1.11. The number of carbonyl (C=O) groups excluding carboxylic acids is 1. The number of ether oxygens (including phenoxy) is 1. The molecule has 3 rings (SSSR count). The number of nitrogens with zero attached hydrogens (tertiary/aromatic N) is 1. The highest BCUT2D eigenvalue weighted by atomic mass is 16.5. The molecule has 2 amide bonds. The molecule has 2 aliphatic heterocycles. The van der Waals surface area contributed by atoms with Crippen molar-refractivity contribution < 1.29 is 9.53 Å². The summed E-state index contributed by atoms with van der Waals surface area (Å²) in [5.41, 5.74) is 0.0148. The molecule has 1 saturated carbocycles. The van der Waals surface area contributed by atoms with E-state index in [-0.39, 0.29) is 11.6 Å². The Balaban J connectivity index is 1.57. The summed E-state index contributed by atoms with van der Waals surface area (Å²) in [6.07, 6.45) is 5.60. The molecule has 2 heterocycles. The third-order valence-corrected chi connectivity index (χ3v) is 3.69. The van der Waals surface area contributed by atoms with E-state index in [2.05, 4.69) is 5.32 Å². The molecule has 0 aromatic heterocycles. The first-order valence-corrected chi connectivity index (χ1v) is 5.97. The van der Waals surface area contributed by atoms with Gasteiger partial charge < -0.3 is 15.0 Å². The molecule has 0 aromatic carbocycles. The summed E-state index contributed by atoms with van der Waals surface area (Å²) in [6, 6.07) is 0.573. The van der Waals surface area contributed by atoms with Crippen molar-refractivity contribution in [3.05, 3.63) is 0 Å². The van der Waals surface area contributed by atoms with Gasteiger partial charge in [-0.2, -0.15) is 0 Å². The van der Waals surface area contributed by atoms with Gasteiger partial charge in [-0.25, -0.2) is 4.79 Å². The minimum absolute atomic E-state index is 0.0148. The number of amides is 2. The molecule has 0 aromatic rings. The zero-order valence-corrected chi connectivity index (χ0v) is 9.00. The molecular formula is C11H18N2O2. The Morgan fingerprint density at radius 1 is 1.40 bits per heavy atom. The zero-order valence-electron chi connectivity index (χ0n) is 9.00. The molecule has 15 heavy (non-hydrogen) atoms. The second-order valence-electron chi connectivity index (χ2n) is 5.03. The largest absolute Gasteiger partial charge is 0.373 e. The summed E-state index contributed by atoms with van der Waals surface area (Å²) in [5.74, 6) is 0. The minimum atomic E-state index is 0.0148. The van der Waals surface area contributed by atoms with Crippen molar-refractivity contribution in [2.75, 3.05) is 19.7 Å². The first-order valence-electron chi connectivity index (χ1n) is 5.97. The van der Waals surface area contributed by atoms with Gasteiger partial charge >= 0.3 is 6.03 Å². The lowest BCUT2D eigenvalue weighted by atomic mass is 10.00. The van der Waals surface area contributed by atoms with E-state index in [0.29, 0.717) is 6.04 Å². The second kappa shape index (κ2) is 3.37. The van der Waals surface area contributed by atoms with Crippen LogP contribution in [0.1, 0.15) is 32.1 Å². The van der Waals surface area contributed by atoms with Crippen molar-refractivity contribution in [2.45, 2.75) is 43.7 Å². The average Bonchev–Trinajstić information content (AvgIpc) is 2.81. The summed E-state index contributed by atoms with van der Waals surface area (Å²) >= 11 is 0. The standard InChI is InChI=1S/C11H18N2O2/c14-10(12-9-2-3-9)13-6-5-11(8-13)4-1-7-15-11/h9H,1-8H2,(H,12,14)/t11-/m1/s1. The second-order valence-corrected chi connectivity index (χ2v) is 5.03. The first-order chi connectivity index (χ1) is 7.27. The van der Waals surface area contributed by atoms with Crippen molar-refractivity contribution in [3.8, 4) is 0 Å². The number of hydrogen-bond acceptors (Lipinski definition) is 2. The molecule has 1 N–H and O–H groups in total. The van der Waals surface area contributed by atoms with Crippen molar-refractivity contribution in [2.24, 2.45) is 0 Å². The van der Waals surface area contributed by atoms with Crippen LogP contribution in [-0.4, -0.2) is 42.3 Å². The number of nitrogens with one attached hydrogen (secondary N) is 1. The molecule has 3 aliphatic rings. The number of likely N-dealkylation sites (tertiary alicyclic amines) is 1. The van der Waals surface area contributed by atoms with Crippen LogP contribution in [0.3, 0.4) is 0 Å². The topological polar surface area (TPSA) is 41.6 Å². The quantitative estimate of drug-likeness (QED) is 0.704. The molecule has 0 bridgehead atoms. The Morgan fingerprint density at radius 2 is 2.27 bits per heavy atom. The lowest BCUT2D eigenvalue weighted by Crippen LogP contribution is -2.42. The minimum Gasteiger partial charge on any atom is -0.373 e. The van der Waals surface area contributed by atoms with Gasteiger partial charge in [0.05, 0.1) is 12.1 Å². The van der Waals surface area contributed by atoms with Gasteiger partial charge in [-0.15, -0.1) is 0 Å². The molecule has 1 atom stereocenters. The maximum absolute atomic E-state index is 11.8. The van der Waals surface area contributed by atoms with Gasteiger partial charge in [0.2, 0.25) is 0 Å². The smallest absolute Gasteiger partial charge is 0.317 e. The molecule has 1 aliphatic carbocycles. The Morgan fingerprint density at radius 3 is 2.93 bits per heavy atom. The monoisotopic (exact) mass is 210 g/mol. The first kappa shape index (κ1) is 9.46. The Bertz CT molecular complexity index is 270. The Kier molecular flexibility index (Phi) is 2.12. The summed E-state index contributed by atoms with van der Waals surface area (Å²) in [7, 11) is 0. The number of rotatable bonds is 1. The third kappa shape index (κ3) is 1.83. The summed E-state index contributed by atoms with van der Waals surface area (Å²) < 4.78 is 5.78. The Hall–Kier alpha value is -0.770. The summed E-state index contributed by atoms with van der Waals surface area (Å²) in [5, 5.41) is 3.03. The van der Waals surface area contributed by atoms with Crippen LogP contribution in [0.4, 0.5) is 4.79 Å². The Labute approximate surface area is 90.0 Å².